The maximum Gasteiger partial charge on any atom is 0.321 e. The molecule has 2 rings (SSSR count). The lowest BCUT2D eigenvalue weighted by Gasteiger charge is -2.02. The van der Waals surface area contributed by atoms with Crippen LogP contribution in [0.5, 0.6) is 0 Å². The van der Waals surface area contributed by atoms with Crippen LogP contribution in [0.2, 0.25) is 0 Å². The Morgan fingerprint density at radius 2 is 2.06 bits per heavy atom. The zero-order valence-electron chi connectivity index (χ0n) is 8.97. The standard InChI is InChI=1S/C13H12O3/c1-9(14)12-11(8-16-13(12)15)7-10-5-3-2-4-6-10/h2-7,12H,8H2,1H3. The molecule has 0 saturated carbocycles. The lowest BCUT2D eigenvalue weighted by molar-refractivity contribution is -0.143. The summed E-state index contributed by atoms with van der Waals surface area (Å²) in [5.74, 6) is -1.31. The van der Waals surface area contributed by atoms with Crippen LogP contribution < -0.4 is 0 Å². The van der Waals surface area contributed by atoms with E-state index in [1.54, 1.807) is 0 Å². The summed E-state index contributed by atoms with van der Waals surface area (Å²) in [7, 11) is 0. The van der Waals surface area contributed by atoms with E-state index in [1.807, 2.05) is 36.4 Å². The quantitative estimate of drug-likeness (QED) is 0.559. The SMILES string of the molecule is CC(=O)C1C(=O)OCC1=Cc1ccccc1. The largest absolute Gasteiger partial charge is 0.460 e. The Hall–Kier alpha value is -1.90. The molecule has 0 aliphatic carbocycles. The van der Waals surface area contributed by atoms with E-state index in [-0.39, 0.29) is 12.4 Å². The number of rotatable bonds is 2. The van der Waals surface area contributed by atoms with E-state index < -0.39 is 11.9 Å². The Morgan fingerprint density at radius 3 is 2.69 bits per heavy atom. The Labute approximate surface area is 93.7 Å². The van der Waals surface area contributed by atoms with Crippen molar-refractivity contribution in [1.82, 2.24) is 0 Å². The van der Waals surface area contributed by atoms with Crippen LogP contribution in [0.4, 0.5) is 0 Å². The molecule has 1 aromatic carbocycles. The fourth-order valence-corrected chi connectivity index (χ4v) is 1.79. The first-order chi connectivity index (χ1) is 7.68. The predicted molar refractivity (Wildman–Crippen MR) is 59.5 cm³/mol. The summed E-state index contributed by atoms with van der Waals surface area (Å²) in [5.41, 5.74) is 1.71. The Bertz CT molecular complexity index is 446. The first-order valence-electron chi connectivity index (χ1n) is 5.11. The Morgan fingerprint density at radius 1 is 1.38 bits per heavy atom. The van der Waals surface area contributed by atoms with Gasteiger partial charge in [0.1, 0.15) is 18.3 Å². The number of ketones is 1. The van der Waals surface area contributed by atoms with Gasteiger partial charge in [0.25, 0.3) is 0 Å². The summed E-state index contributed by atoms with van der Waals surface area (Å²) in [6.07, 6.45) is 1.84. The third kappa shape index (κ3) is 2.03. The lowest BCUT2D eigenvalue weighted by Crippen LogP contribution is -2.17. The van der Waals surface area contributed by atoms with E-state index in [9.17, 15) is 9.59 Å². The van der Waals surface area contributed by atoms with Crippen molar-refractivity contribution in [2.45, 2.75) is 6.92 Å². The third-order valence-electron chi connectivity index (χ3n) is 2.55. The molecule has 1 saturated heterocycles. The maximum absolute atomic E-state index is 11.3. The summed E-state index contributed by atoms with van der Waals surface area (Å²) < 4.78 is 4.88. The summed E-state index contributed by atoms with van der Waals surface area (Å²) in [5, 5.41) is 0. The van der Waals surface area contributed by atoms with Gasteiger partial charge in [-0.2, -0.15) is 0 Å². The number of carbonyl (C=O) groups is 2. The molecule has 1 heterocycles. The number of Topliss-reactive ketones (excluding diaryl/α,β-unsaturated/α-hetero) is 1. The van der Waals surface area contributed by atoms with Gasteiger partial charge in [-0.3, -0.25) is 9.59 Å². The molecule has 0 radical (unpaired) electrons. The number of esters is 1. The molecule has 0 bridgehead atoms. The molecule has 1 atom stereocenters. The molecule has 3 heteroatoms. The molecule has 16 heavy (non-hydrogen) atoms. The fourth-order valence-electron chi connectivity index (χ4n) is 1.79. The molecule has 0 aromatic heterocycles. The molecular weight excluding hydrogens is 204 g/mol. The van der Waals surface area contributed by atoms with Crippen molar-refractivity contribution in [1.29, 1.82) is 0 Å². The molecule has 1 unspecified atom stereocenters. The second-order valence-electron chi connectivity index (χ2n) is 3.78. The molecule has 0 N–H and O–H groups in total. The van der Waals surface area contributed by atoms with Crippen molar-refractivity contribution >= 4 is 17.8 Å². The van der Waals surface area contributed by atoms with Crippen molar-refractivity contribution in [2.75, 3.05) is 6.61 Å². The van der Waals surface area contributed by atoms with E-state index in [1.165, 1.54) is 6.92 Å². The molecule has 82 valence electrons. The predicted octanol–water partition coefficient (Wildman–Crippen LogP) is 1.83. The molecule has 1 aliphatic rings. The van der Waals surface area contributed by atoms with Gasteiger partial charge in [-0.15, -0.1) is 0 Å². The van der Waals surface area contributed by atoms with Crippen molar-refractivity contribution in [3.05, 3.63) is 41.5 Å². The maximum atomic E-state index is 11.3. The van der Waals surface area contributed by atoms with Crippen LogP contribution in [0.25, 0.3) is 6.08 Å². The van der Waals surface area contributed by atoms with Crippen LogP contribution >= 0.6 is 0 Å². The van der Waals surface area contributed by atoms with Crippen LogP contribution in [-0.2, 0) is 14.3 Å². The number of hydrogen-bond donors (Lipinski definition) is 0. The van der Waals surface area contributed by atoms with Crippen molar-refractivity contribution in [2.24, 2.45) is 5.92 Å². The second kappa shape index (κ2) is 4.31. The topological polar surface area (TPSA) is 43.4 Å². The molecule has 0 amide bonds. The fraction of sp³-hybridized carbons (Fsp3) is 0.231. The smallest absolute Gasteiger partial charge is 0.321 e. The van der Waals surface area contributed by atoms with Gasteiger partial charge in [-0.1, -0.05) is 36.4 Å². The Balaban J connectivity index is 2.31. The Kier molecular flexibility index (Phi) is 2.86. The van der Waals surface area contributed by atoms with E-state index in [4.69, 9.17) is 4.74 Å². The van der Waals surface area contributed by atoms with Gasteiger partial charge in [-0.05, 0) is 18.1 Å². The van der Waals surface area contributed by atoms with Gasteiger partial charge in [0, 0.05) is 0 Å². The van der Waals surface area contributed by atoms with Crippen molar-refractivity contribution < 1.29 is 14.3 Å². The molecule has 1 aromatic rings. The van der Waals surface area contributed by atoms with E-state index in [2.05, 4.69) is 0 Å². The number of benzene rings is 1. The first kappa shape index (κ1) is 10.6. The number of ether oxygens (including phenoxy) is 1. The second-order valence-corrected chi connectivity index (χ2v) is 3.78. The minimum Gasteiger partial charge on any atom is -0.460 e. The summed E-state index contributed by atoms with van der Waals surface area (Å²) in [6, 6.07) is 9.58. The highest BCUT2D eigenvalue weighted by molar-refractivity contribution is 6.03. The van der Waals surface area contributed by atoms with Crippen LogP contribution in [0.3, 0.4) is 0 Å². The van der Waals surface area contributed by atoms with E-state index in [0.29, 0.717) is 0 Å². The summed E-state index contributed by atoms with van der Waals surface area (Å²) in [4.78, 5) is 22.6. The summed E-state index contributed by atoms with van der Waals surface area (Å²) in [6.45, 7) is 1.63. The minimum absolute atomic E-state index is 0.162. The van der Waals surface area contributed by atoms with Crippen molar-refractivity contribution in [3.8, 4) is 0 Å². The monoisotopic (exact) mass is 216 g/mol. The van der Waals surface area contributed by atoms with Crippen molar-refractivity contribution in [3.63, 3.8) is 0 Å². The van der Waals surface area contributed by atoms with Crippen LogP contribution in [-0.4, -0.2) is 18.4 Å². The van der Waals surface area contributed by atoms with Gasteiger partial charge in [0.15, 0.2) is 0 Å². The first-order valence-corrected chi connectivity index (χ1v) is 5.11. The molecule has 1 aliphatic heterocycles. The molecule has 3 nitrogen and oxygen atoms in total. The number of cyclic esters (lactones) is 1. The van der Waals surface area contributed by atoms with E-state index >= 15 is 0 Å². The summed E-state index contributed by atoms with van der Waals surface area (Å²) >= 11 is 0. The van der Waals surface area contributed by atoms with Gasteiger partial charge >= 0.3 is 5.97 Å². The average Bonchev–Trinajstić information content (AvgIpc) is 2.61. The van der Waals surface area contributed by atoms with Crippen LogP contribution in [0.15, 0.2) is 35.9 Å². The van der Waals surface area contributed by atoms with Gasteiger partial charge in [0.05, 0.1) is 0 Å². The van der Waals surface area contributed by atoms with E-state index in [0.717, 1.165) is 11.1 Å². The van der Waals surface area contributed by atoms with Gasteiger partial charge in [0.2, 0.25) is 0 Å². The molecular formula is C13H12O3. The third-order valence-corrected chi connectivity index (χ3v) is 2.55. The minimum atomic E-state index is -0.708. The van der Waals surface area contributed by atoms with Gasteiger partial charge in [-0.25, -0.2) is 0 Å². The normalized spacial score (nSPS) is 22.2. The number of carbonyl (C=O) groups excluding carboxylic acids is 2. The molecule has 1 fully saturated rings. The lowest BCUT2D eigenvalue weighted by atomic mass is 9.96. The highest BCUT2D eigenvalue weighted by Gasteiger charge is 2.35. The zero-order valence-corrected chi connectivity index (χ0v) is 8.97. The highest BCUT2D eigenvalue weighted by Crippen LogP contribution is 2.24. The molecule has 0 spiro atoms. The highest BCUT2D eigenvalue weighted by atomic mass is 16.5. The zero-order chi connectivity index (χ0) is 11.5. The van der Waals surface area contributed by atoms with Crippen LogP contribution in [0.1, 0.15) is 12.5 Å². The van der Waals surface area contributed by atoms with Crippen LogP contribution in [0, 0.1) is 5.92 Å². The number of hydrogen-bond acceptors (Lipinski definition) is 3. The average molecular weight is 216 g/mol. The van der Waals surface area contributed by atoms with Gasteiger partial charge < -0.3 is 4.74 Å².